The monoisotopic (exact) mass is 265 g/mol. The summed E-state index contributed by atoms with van der Waals surface area (Å²) in [4.78, 5) is 14.6. The lowest BCUT2D eigenvalue weighted by Gasteiger charge is -2.10. The zero-order chi connectivity index (χ0) is 13.8. The van der Waals surface area contributed by atoms with Gasteiger partial charge in [-0.05, 0) is 12.5 Å². The number of halogens is 4. The fraction of sp³-hybridized carbons (Fsp3) is 0.455. The van der Waals surface area contributed by atoms with Crippen molar-refractivity contribution in [2.24, 2.45) is 0 Å². The number of ether oxygens (including phenoxy) is 1. The Labute approximate surface area is 101 Å². The minimum atomic E-state index is -4.87. The molecule has 0 bridgehead atoms. The van der Waals surface area contributed by atoms with Gasteiger partial charge in [0, 0.05) is 6.20 Å². The Hall–Kier alpha value is -1.66. The summed E-state index contributed by atoms with van der Waals surface area (Å²) in [5, 5.41) is 0. The molecule has 0 aliphatic rings. The third-order valence-corrected chi connectivity index (χ3v) is 2.12. The minimum Gasteiger partial charge on any atom is -0.461 e. The molecule has 3 nitrogen and oxygen atoms in total. The summed E-state index contributed by atoms with van der Waals surface area (Å²) >= 11 is 0. The highest BCUT2D eigenvalue weighted by molar-refractivity contribution is 5.87. The van der Waals surface area contributed by atoms with Crippen molar-refractivity contribution in [1.29, 1.82) is 0 Å². The van der Waals surface area contributed by atoms with Gasteiger partial charge in [0.25, 0.3) is 0 Å². The van der Waals surface area contributed by atoms with Gasteiger partial charge in [0.2, 0.25) is 0 Å². The quantitative estimate of drug-likeness (QED) is 0.476. The van der Waals surface area contributed by atoms with E-state index in [4.69, 9.17) is 0 Å². The Morgan fingerprint density at radius 2 is 2.11 bits per heavy atom. The highest BCUT2D eigenvalue weighted by Crippen LogP contribution is 2.31. The molecule has 0 N–H and O–H groups in total. The first-order valence-corrected chi connectivity index (χ1v) is 5.26. The standard InChI is InChI=1S/C11H11F4NO2/c1-2-3-6-18-10(17)9-8(12)7(4-5-16-9)11(13,14)15/h4-5H,2-3,6H2,1H3. The maximum absolute atomic E-state index is 13.4. The molecule has 0 saturated carbocycles. The van der Waals surface area contributed by atoms with E-state index in [0.717, 1.165) is 12.6 Å². The molecule has 7 heteroatoms. The van der Waals surface area contributed by atoms with Crippen LogP contribution in [-0.2, 0) is 10.9 Å². The Morgan fingerprint density at radius 3 is 2.67 bits per heavy atom. The van der Waals surface area contributed by atoms with Crippen molar-refractivity contribution in [1.82, 2.24) is 4.98 Å². The number of rotatable bonds is 4. The number of pyridine rings is 1. The van der Waals surface area contributed by atoms with E-state index in [1.54, 1.807) is 0 Å². The molecule has 0 aliphatic heterocycles. The topological polar surface area (TPSA) is 39.2 Å². The molecule has 0 unspecified atom stereocenters. The first-order chi connectivity index (χ1) is 8.38. The van der Waals surface area contributed by atoms with Crippen LogP contribution in [0, 0.1) is 5.82 Å². The van der Waals surface area contributed by atoms with Crippen LogP contribution in [0.4, 0.5) is 17.6 Å². The molecular weight excluding hydrogens is 254 g/mol. The first-order valence-electron chi connectivity index (χ1n) is 5.26. The van der Waals surface area contributed by atoms with Crippen molar-refractivity contribution in [2.75, 3.05) is 6.61 Å². The lowest BCUT2D eigenvalue weighted by Crippen LogP contribution is -2.16. The second-order valence-corrected chi connectivity index (χ2v) is 3.51. The van der Waals surface area contributed by atoms with E-state index in [-0.39, 0.29) is 6.61 Å². The third kappa shape index (κ3) is 3.41. The van der Waals surface area contributed by atoms with E-state index in [1.165, 1.54) is 0 Å². The molecule has 1 heterocycles. The van der Waals surface area contributed by atoms with Crippen LogP contribution in [0.15, 0.2) is 12.3 Å². The van der Waals surface area contributed by atoms with Gasteiger partial charge in [0.15, 0.2) is 11.5 Å². The average Bonchev–Trinajstić information content (AvgIpc) is 2.28. The summed E-state index contributed by atoms with van der Waals surface area (Å²) in [6, 6.07) is 0.470. The average molecular weight is 265 g/mol. The molecule has 18 heavy (non-hydrogen) atoms. The summed E-state index contributed by atoms with van der Waals surface area (Å²) in [5.74, 6) is -2.89. The van der Waals surface area contributed by atoms with Crippen molar-refractivity contribution < 1.29 is 27.1 Å². The van der Waals surface area contributed by atoms with Crippen molar-refractivity contribution in [3.8, 4) is 0 Å². The zero-order valence-electron chi connectivity index (χ0n) is 9.55. The van der Waals surface area contributed by atoms with Crippen LogP contribution in [0.2, 0.25) is 0 Å². The summed E-state index contributed by atoms with van der Waals surface area (Å²) in [7, 11) is 0. The summed E-state index contributed by atoms with van der Waals surface area (Å²) in [6.07, 6.45) is -2.86. The molecule has 100 valence electrons. The molecule has 0 saturated heterocycles. The fourth-order valence-corrected chi connectivity index (χ4v) is 1.18. The van der Waals surface area contributed by atoms with Gasteiger partial charge >= 0.3 is 12.1 Å². The number of alkyl halides is 3. The third-order valence-electron chi connectivity index (χ3n) is 2.12. The number of hydrogen-bond donors (Lipinski definition) is 0. The highest BCUT2D eigenvalue weighted by Gasteiger charge is 2.36. The van der Waals surface area contributed by atoms with E-state index >= 15 is 0 Å². The van der Waals surface area contributed by atoms with Crippen LogP contribution >= 0.6 is 0 Å². The zero-order valence-corrected chi connectivity index (χ0v) is 9.55. The van der Waals surface area contributed by atoms with E-state index in [0.29, 0.717) is 12.5 Å². The Bertz CT molecular complexity index is 432. The van der Waals surface area contributed by atoms with Crippen LogP contribution in [0.5, 0.6) is 0 Å². The van der Waals surface area contributed by atoms with Gasteiger partial charge < -0.3 is 4.74 Å². The summed E-state index contributed by atoms with van der Waals surface area (Å²) in [6.45, 7) is 1.86. The van der Waals surface area contributed by atoms with E-state index < -0.39 is 29.2 Å². The minimum absolute atomic E-state index is 0.0205. The van der Waals surface area contributed by atoms with Crippen molar-refractivity contribution in [3.05, 3.63) is 29.3 Å². The van der Waals surface area contributed by atoms with E-state index in [9.17, 15) is 22.4 Å². The molecule has 0 aromatic carbocycles. The van der Waals surface area contributed by atoms with Gasteiger partial charge in [-0.3, -0.25) is 0 Å². The smallest absolute Gasteiger partial charge is 0.419 e. The number of nitrogens with zero attached hydrogens (tertiary/aromatic N) is 1. The number of esters is 1. The maximum Gasteiger partial charge on any atom is 0.419 e. The predicted molar refractivity (Wildman–Crippen MR) is 54.4 cm³/mol. The lowest BCUT2D eigenvalue weighted by atomic mass is 10.2. The van der Waals surface area contributed by atoms with Gasteiger partial charge in [0.05, 0.1) is 12.2 Å². The molecule has 0 aliphatic carbocycles. The van der Waals surface area contributed by atoms with Crippen molar-refractivity contribution >= 4 is 5.97 Å². The van der Waals surface area contributed by atoms with Crippen LogP contribution in [0.25, 0.3) is 0 Å². The number of hydrogen-bond acceptors (Lipinski definition) is 3. The summed E-state index contributed by atoms with van der Waals surface area (Å²) in [5.41, 5.74) is -2.47. The number of unbranched alkanes of at least 4 members (excludes halogenated alkanes) is 1. The second-order valence-electron chi connectivity index (χ2n) is 3.51. The molecule has 0 fully saturated rings. The van der Waals surface area contributed by atoms with E-state index in [2.05, 4.69) is 9.72 Å². The van der Waals surface area contributed by atoms with Crippen LogP contribution in [0.3, 0.4) is 0 Å². The molecule has 0 radical (unpaired) electrons. The van der Waals surface area contributed by atoms with Crippen LogP contribution < -0.4 is 0 Å². The molecule has 1 aromatic rings. The first kappa shape index (κ1) is 14.4. The molecular formula is C11H11F4NO2. The van der Waals surface area contributed by atoms with Crippen LogP contribution in [0.1, 0.15) is 35.8 Å². The number of aromatic nitrogens is 1. The lowest BCUT2D eigenvalue weighted by molar-refractivity contribution is -0.140. The van der Waals surface area contributed by atoms with Gasteiger partial charge in [0.1, 0.15) is 0 Å². The van der Waals surface area contributed by atoms with Crippen LogP contribution in [-0.4, -0.2) is 17.6 Å². The maximum atomic E-state index is 13.4. The molecule has 1 aromatic heterocycles. The molecule has 0 atom stereocenters. The van der Waals surface area contributed by atoms with Crippen molar-refractivity contribution in [2.45, 2.75) is 25.9 Å². The predicted octanol–water partition coefficient (Wildman–Crippen LogP) is 3.20. The van der Waals surface area contributed by atoms with Gasteiger partial charge in [-0.2, -0.15) is 13.2 Å². The number of carbonyl (C=O) groups is 1. The largest absolute Gasteiger partial charge is 0.461 e. The van der Waals surface area contributed by atoms with Gasteiger partial charge in [-0.1, -0.05) is 13.3 Å². The number of carbonyl (C=O) groups excluding carboxylic acids is 1. The molecule has 1 rings (SSSR count). The molecule has 0 spiro atoms. The normalized spacial score (nSPS) is 11.4. The van der Waals surface area contributed by atoms with E-state index in [1.807, 2.05) is 6.92 Å². The van der Waals surface area contributed by atoms with Gasteiger partial charge in [-0.25, -0.2) is 14.2 Å². The summed E-state index contributed by atoms with van der Waals surface area (Å²) < 4.78 is 55.2. The Kier molecular flexibility index (Phi) is 4.63. The van der Waals surface area contributed by atoms with Crippen molar-refractivity contribution in [3.63, 3.8) is 0 Å². The Morgan fingerprint density at radius 1 is 1.44 bits per heavy atom. The molecule has 0 amide bonds. The Balaban J connectivity index is 2.93. The second kappa shape index (κ2) is 5.79. The SMILES string of the molecule is CCCCOC(=O)c1nccc(C(F)(F)F)c1F. The van der Waals surface area contributed by atoms with Gasteiger partial charge in [-0.15, -0.1) is 0 Å². The highest BCUT2D eigenvalue weighted by atomic mass is 19.4. The fourth-order valence-electron chi connectivity index (χ4n) is 1.18.